The largest absolute Gasteiger partial charge is 0.371 e. The fourth-order valence-electron chi connectivity index (χ4n) is 3.69. The van der Waals surface area contributed by atoms with Gasteiger partial charge in [0.25, 0.3) is 0 Å². The topological polar surface area (TPSA) is 20.3 Å². The van der Waals surface area contributed by atoms with Crippen LogP contribution in [0.5, 0.6) is 0 Å². The van der Waals surface area contributed by atoms with E-state index in [0.29, 0.717) is 0 Å². The number of para-hydroxylation sites is 1. The lowest BCUT2D eigenvalue weighted by atomic mass is 9.67. The summed E-state index contributed by atoms with van der Waals surface area (Å²) in [7, 11) is 0. The van der Waals surface area contributed by atoms with Crippen molar-refractivity contribution in [2.75, 3.05) is 18.0 Å². The van der Waals surface area contributed by atoms with Crippen molar-refractivity contribution < 1.29 is 4.79 Å². The molecule has 0 amide bonds. The van der Waals surface area contributed by atoms with Gasteiger partial charge in [-0.1, -0.05) is 54.6 Å². The molecule has 0 saturated carbocycles. The second-order valence-corrected chi connectivity index (χ2v) is 6.30. The van der Waals surface area contributed by atoms with Crippen LogP contribution in [0.4, 0.5) is 5.69 Å². The van der Waals surface area contributed by atoms with Gasteiger partial charge in [-0.3, -0.25) is 0 Å². The molecular formula is C21H23NO. The molecule has 0 spiro atoms. The highest BCUT2D eigenvalue weighted by molar-refractivity contribution is 5.64. The molecule has 3 rings (SSSR count). The van der Waals surface area contributed by atoms with Gasteiger partial charge in [-0.2, -0.15) is 0 Å². The van der Waals surface area contributed by atoms with Crippen molar-refractivity contribution in [2.45, 2.75) is 18.8 Å². The van der Waals surface area contributed by atoms with Gasteiger partial charge in [-0.25, -0.2) is 0 Å². The molecule has 0 radical (unpaired) electrons. The maximum atomic E-state index is 12.0. The lowest BCUT2D eigenvalue weighted by Gasteiger charge is -2.43. The van der Waals surface area contributed by atoms with Crippen molar-refractivity contribution in [2.24, 2.45) is 5.41 Å². The van der Waals surface area contributed by atoms with E-state index in [0.717, 1.165) is 25.9 Å². The summed E-state index contributed by atoms with van der Waals surface area (Å²) >= 11 is 0. The molecule has 0 aliphatic carbocycles. The van der Waals surface area contributed by atoms with Crippen LogP contribution in [0, 0.1) is 5.41 Å². The molecule has 0 bridgehead atoms. The standard InChI is InChI=1S/C21H23NO/c1-2-20(18-9-5-3-6-10-18)21(17-23)13-15-22(16-14-21)19-11-7-4-8-12-19/h2-12,17,20H,1,13-16H2/t20-/m1/s1. The van der Waals surface area contributed by atoms with E-state index >= 15 is 0 Å². The molecule has 1 atom stereocenters. The third-order valence-electron chi connectivity index (χ3n) is 5.06. The fourth-order valence-corrected chi connectivity index (χ4v) is 3.69. The molecule has 1 aliphatic rings. The highest BCUT2D eigenvalue weighted by Gasteiger charge is 2.40. The lowest BCUT2D eigenvalue weighted by molar-refractivity contribution is -0.118. The van der Waals surface area contributed by atoms with E-state index in [1.807, 2.05) is 30.3 Å². The van der Waals surface area contributed by atoms with E-state index in [1.165, 1.54) is 17.5 Å². The number of hydrogen-bond acceptors (Lipinski definition) is 2. The fraction of sp³-hybridized carbons (Fsp3) is 0.286. The average Bonchev–Trinajstić information content (AvgIpc) is 2.64. The Morgan fingerprint density at radius 2 is 1.52 bits per heavy atom. The number of anilines is 1. The quantitative estimate of drug-likeness (QED) is 0.601. The summed E-state index contributed by atoms with van der Waals surface area (Å²) in [5.41, 5.74) is 2.08. The molecule has 1 heterocycles. The summed E-state index contributed by atoms with van der Waals surface area (Å²) in [4.78, 5) is 14.4. The van der Waals surface area contributed by atoms with E-state index in [4.69, 9.17) is 0 Å². The van der Waals surface area contributed by atoms with E-state index in [-0.39, 0.29) is 11.3 Å². The number of carbonyl (C=O) groups excluding carboxylic acids is 1. The maximum absolute atomic E-state index is 12.0. The van der Waals surface area contributed by atoms with Crippen LogP contribution in [0.3, 0.4) is 0 Å². The first kappa shape index (κ1) is 15.5. The summed E-state index contributed by atoms with van der Waals surface area (Å²) in [5.74, 6) is 0.0825. The Hall–Kier alpha value is -2.35. The van der Waals surface area contributed by atoms with E-state index < -0.39 is 0 Å². The van der Waals surface area contributed by atoms with E-state index in [1.54, 1.807) is 0 Å². The zero-order valence-electron chi connectivity index (χ0n) is 13.4. The minimum Gasteiger partial charge on any atom is -0.371 e. The number of aldehydes is 1. The zero-order valence-corrected chi connectivity index (χ0v) is 13.4. The van der Waals surface area contributed by atoms with Crippen molar-refractivity contribution in [1.29, 1.82) is 0 Å². The van der Waals surface area contributed by atoms with Crippen LogP contribution >= 0.6 is 0 Å². The first-order chi connectivity index (χ1) is 11.3. The summed E-state index contributed by atoms with van der Waals surface area (Å²) < 4.78 is 0. The Kier molecular flexibility index (Phi) is 4.61. The Labute approximate surface area is 138 Å². The van der Waals surface area contributed by atoms with Gasteiger partial charge in [-0.05, 0) is 30.5 Å². The van der Waals surface area contributed by atoms with Gasteiger partial charge >= 0.3 is 0 Å². The number of carbonyl (C=O) groups is 1. The average molecular weight is 305 g/mol. The van der Waals surface area contributed by atoms with Crippen molar-refractivity contribution in [3.63, 3.8) is 0 Å². The Morgan fingerprint density at radius 3 is 2.04 bits per heavy atom. The van der Waals surface area contributed by atoms with Crippen molar-refractivity contribution in [1.82, 2.24) is 0 Å². The molecule has 0 unspecified atom stereocenters. The Balaban J connectivity index is 1.81. The van der Waals surface area contributed by atoms with Crippen LogP contribution < -0.4 is 4.90 Å². The third-order valence-corrected chi connectivity index (χ3v) is 5.06. The van der Waals surface area contributed by atoms with Gasteiger partial charge in [-0.15, -0.1) is 6.58 Å². The minimum absolute atomic E-state index is 0.0825. The molecule has 2 nitrogen and oxygen atoms in total. The third kappa shape index (κ3) is 3.07. The summed E-state index contributed by atoms with van der Waals surface area (Å²) in [6.07, 6.45) is 4.84. The van der Waals surface area contributed by atoms with Crippen LogP contribution in [0.1, 0.15) is 24.3 Å². The second kappa shape index (κ2) is 6.82. The lowest BCUT2D eigenvalue weighted by Crippen LogP contribution is -2.44. The number of hydrogen-bond donors (Lipinski definition) is 0. The Morgan fingerprint density at radius 1 is 0.957 bits per heavy atom. The van der Waals surface area contributed by atoms with Crippen LogP contribution in [0.15, 0.2) is 73.3 Å². The Bertz CT molecular complexity index is 642. The monoisotopic (exact) mass is 305 g/mol. The van der Waals surface area contributed by atoms with Crippen molar-refractivity contribution in [3.05, 3.63) is 78.9 Å². The molecule has 1 aliphatic heterocycles. The molecule has 2 aromatic carbocycles. The van der Waals surface area contributed by atoms with Crippen LogP contribution in [-0.2, 0) is 4.79 Å². The summed E-state index contributed by atoms with van der Waals surface area (Å²) in [5, 5.41) is 0. The molecule has 23 heavy (non-hydrogen) atoms. The van der Waals surface area contributed by atoms with Gasteiger partial charge in [0.1, 0.15) is 6.29 Å². The zero-order chi connectivity index (χ0) is 16.1. The SMILES string of the molecule is C=C[C@H](c1ccccc1)C1(C=O)CCN(c2ccccc2)CC1. The number of nitrogens with zero attached hydrogens (tertiary/aromatic N) is 1. The van der Waals surface area contributed by atoms with Crippen molar-refractivity contribution in [3.8, 4) is 0 Å². The van der Waals surface area contributed by atoms with Crippen LogP contribution in [-0.4, -0.2) is 19.4 Å². The number of benzene rings is 2. The van der Waals surface area contributed by atoms with Crippen LogP contribution in [0.25, 0.3) is 0 Å². The summed E-state index contributed by atoms with van der Waals surface area (Å²) in [6.45, 7) is 5.82. The predicted molar refractivity (Wildman–Crippen MR) is 95.8 cm³/mol. The van der Waals surface area contributed by atoms with Gasteiger partial charge in [0.05, 0.1) is 0 Å². The molecule has 1 saturated heterocycles. The molecule has 1 fully saturated rings. The van der Waals surface area contributed by atoms with Gasteiger partial charge < -0.3 is 9.69 Å². The van der Waals surface area contributed by atoms with Gasteiger partial charge in [0.15, 0.2) is 0 Å². The molecule has 2 heteroatoms. The highest BCUT2D eigenvalue weighted by atomic mass is 16.1. The predicted octanol–water partition coefficient (Wildman–Crippen LogP) is 4.44. The smallest absolute Gasteiger partial charge is 0.127 e. The number of rotatable bonds is 5. The number of allylic oxidation sites excluding steroid dienone is 1. The minimum atomic E-state index is -0.339. The second-order valence-electron chi connectivity index (χ2n) is 6.30. The molecule has 0 aromatic heterocycles. The van der Waals surface area contributed by atoms with Gasteiger partial charge in [0.2, 0.25) is 0 Å². The number of piperidine rings is 1. The summed E-state index contributed by atoms with van der Waals surface area (Å²) in [6, 6.07) is 20.7. The van der Waals surface area contributed by atoms with Gasteiger partial charge in [0, 0.05) is 30.1 Å². The van der Waals surface area contributed by atoms with Crippen molar-refractivity contribution >= 4 is 12.0 Å². The molecule has 118 valence electrons. The molecular weight excluding hydrogens is 282 g/mol. The highest BCUT2D eigenvalue weighted by Crippen LogP contribution is 2.44. The normalized spacial score (nSPS) is 18.2. The van der Waals surface area contributed by atoms with Crippen LogP contribution in [0.2, 0.25) is 0 Å². The van der Waals surface area contributed by atoms with E-state index in [9.17, 15) is 4.79 Å². The maximum Gasteiger partial charge on any atom is 0.127 e. The van der Waals surface area contributed by atoms with E-state index in [2.05, 4.69) is 47.9 Å². The first-order valence-electron chi connectivity index (χ1n) is 8.23. The first-order valence-corrected chi connectivity index (χ1v) is 8.23. The molecule has 2 aromatic rings. The molecule has 0 N–H and O–H groups in total.